The Balaban J connectivity index is 1.67. The second-order valence-electron chi connectivity index (χ2n) is 8.75. The van der Waals surface area contributed by atoms with E-state index >= 15 is 0 Å². The zero-order valence-electron chi connectivity index (χ0n) is 16.6. The van der Waals surface area contributed by atoms with E-state index in [1.165, 1.54) is 76.3 Å². The highest BCUT2D eigenvalue weighted by molar-refractivity contribution is 5.32. The van der Waals surface area contributed by atoms with Crippen molar-refractivity contribution in [1.82, 2.24) is 0 Å². The van der Waals surface area contributed by atoms with Crippen molar-refractivity contribution in [3.05, 3.63) is 47.8 Å². The standard InChI is InChI=1S/C24H33FO2/c1-26-23(19-12-14-22(25)15-13-19)16-17-24(27-18-23,20-8-4-2-5-9-20)21-10-6-3-7-11-21/h12-17,20-21H,2-11,18H2,1H3. The first-order valence-corrected chi connectivity index (χ1v) is 10.8. The predicted molar refractivity (Wildman–Crippen MR) is 106 cm³/mol. The van der Waals surface area contributed by atoms with E-state index in [0.717, 1.165) is 5.56 Å². The molecule has 0 spiro atoms. The molecule has 4 rings (SSSR count). The van der Waals surface area contributed by atoms with Crippen LogP contribution in [0, 0.1) is 17.7 Å². The third kappa shape index (κ3) is 3.61. The van der Waals surface area contributed by atoms with Crippen LogP contribution < -0.4 is 0 Å². The van der Waals surface area contributed by atoms with Crippen LogP contribution in [0.15, 0.2) is 36.4 Å². The summed E-state index contributed by atoms with van der Waals surface area (Å²) in [6.45, 7) is 0.513. The van der Waals surface area contributed by atoms with Crippen molar-refractivity contribution in [2.75, 3.05) is 13.7 Å². The number of hydrogen-bond donors (Lipinski definition) is 0. The Morgan fingerprint density at radius 3 is 1.85 bits per heavy atom. The van der Waals surface area contributed by atoms with Gasteiger partial charge in [-0.25, -0.2) is 4.39 Å². The van der Waals surface area contributed by atoms with Gasteiger partial charge >= 0.3 is 0 Å². The number of hydrogen-bond acceptors (Lipinski definition) is 2. The van der Waals surface area contributed by atoms with E-state index in [0.29, 0.717) is 18.4 Å². The van der Waals surface area contributed by atoms with E-state index in [-0.39, 0.29) is 11.4 Å². The van der Waals surface area contributed by atoms with Gasteiger partial charge in [-0.1, -0.05) is 56.7 Å². The highest BCUT2D eigenvalue weighted by Crippen LogP contribution is 2.49. The summed E-state index contributed by atoms with van der Waals surface area (Å²) in [6.07, 6.45) is 17.7. The maximum absolute atomic E-state index is 13.4. The molecule has 1 unspecified atom stereocenters. The molecule has 1 heterocycles. The Labute approximate surface area is 163 Å². The monoisotopic (exact) mass is 372 g/mol. The average molecular weight is 373 g/mol. The van der Waals surface area contributed by atoms with Gasteiger partial charge in [-0.05, 0) is 61.3 Å². The Hall–Kier alpha value is -1.19. The van der Waals surface area contributed by atoms with Crippen molar-refractivity contribution in [2.24, 2.45) is 11.8 Å². The van der Waals surface area contributed by atoms with Gasteiger partial charge < -0.3 is 9.47 Å². The lowest BCUT2D eigenvalue weighted by Crippen LogP contribution is -2.53. The van der Waals surface area contributed by atoms with E-state index in [4.69, 9.17) is 9.47 Å². The molecule has 2 fully saturated rings. The third-order valence-electron chi connectivity index (χ3n) is 7.33. The zero-order chi connectivity index (χ0) is 18.7. The van der Waals surface area contributed by atoms with Crippen LogP contribution in [0.3, 0.4) is 0 Å². The summed E-state index contributed by atoms with van der Waals surface area (Å²) in [7, 11) is 1.73. The van der Waals surface area contributed by atoms with Crippen LogP contribution in [0.4, 0.5) is 4.39 Å². The molecule has 0 saturated heterocycles. The van der Waals surface area contributed by atoms with Gasteiger partial charge in [0.15, 0.2) is 0 Å². The highest BCUT2D eigenvalue weighted by atomic mass is 19.1. The second-order valence-corrected chi connectivity index (χ2v) is 8.75. The molecule has 3 heteroatoms. The van der Waals surface area contributed by atoms with Crippen LogP contribution >= 0.6 is 0 Å². The van der Waals surface area contributed by atoms with E-state index in [9.17, 15) is 4.39 Å². The van der Waals surface area contributed by atoms with Crippen LogP contribution in [0.1, 0.15) is 69.8 Å². The molecule has 0 amide bonds. The Bertz CT molecular complexity index is 623. The van der Waals surface area contributed by atoms with Crippen LogP contribution in [0.2, 0.25) is 0 Å². The zero-order valence-corrected chi connectivity index (χ0v) is 16.6. The SMILES string of the molecule is COC1(c2ccc(F)cc2)C=CC(C2CCCCC2)(C2CCCCC2)OC1. The maximum atomic E-state index is 13.4. The van der Waals surface area contributed by atoms with Crippen molar-refractivity contribution >= 4 is 0 Å². The van der Waals surface area contributed by atoms with E-state index in [1.54, 1.807) is 7.11 Å². The molecule has 2 aliphatic carbocycles. The Morgan fingerprint density at radius 2 is 1.41 bits per heavy atom. The topological polar surface area (TPSA) is 18.5 Å². The molecular weight excluding hydrogens is 339 g/mol. The summed E-state index contributed by atoms with van der Waals surface area (Å²) in [6, 6.07) is 6.66. The highest BCUT2D eigenvalue weighted by Gasteiger charge is 2.49. The van der Waals surface area contributed by atoms with Gasteiger partial charge in [0.25, 0.3) is 0 Å². The average Bonchev–Trinajstić information content (AvgIpc) is 2.75. The van der Waals surface area contributed by atoms with E-state index in [1.807, 2.05) is 12.1 Å². The minimum Gasteiger partial charge on any atom is -0.367 e. The minimum atomic E-state index is -0.611. The molecule has 0 bridgehead atoms. The van der Waals surface area contributed by atoms with Crippen LogP contribution in [-0.4, -0.2) is 19.3 Å². The first-order valence-electron chi connectivity index (χ1n) is 10.8. The quantitative estimate of drug-likeness (QED) is 0.590. The molecule has 3 aliphatic rings. The summed E-state index contributed by atoms with van der Waals surface area (Å²) in [5.41, 5.74) is 0.215. The first-order chi connectivity index (χ1) is 13.2. The van der Waals surface area contributed by atoms with E-state index in [2.05, 4.69) is 12.2 Å². The fourth-order valence-electron chi connectivity index (χ4n) is 5.70. The molecular formula is C24H33FO2. The lowest BCUT2D eigenvalue weighted by atomic mass is 9.65. The molecule has 0 aromatic heterocycles. The molecule has 0 radical (unpaired) electrons. The molecule has 1 aromatic carbocycles. The lowest BCUT2D eigenvalue weighted by molar-refractivity contribution is -0.166. The van der Waals surface area contributed by atoms with Crippen molar-refractivity contribution in [3.63, 3.8) is 0 Å². The van der Waals surface area contributed by atoms with Gasteiger partial charge in [-0.3, -0.25) is 0 Å². The number of benzene rings is 1. The van der Waals surface area contributed by atoms with Gasteiger partial charge in [0.1, 0.15) is 11.4 Å². The summed E-state index contributed by atoms with van der Waals surface area (Å²) in [5.74, 6) is 1.02. The second kappa shape index (κ2) is 8.05. The molecule has 0 N–H and O–H groups in total. The third-order valence-corrected chi connectivity index (χ3v) is 7.33. The van der Waals surface area contributed by atoms with Crippen LogP contribution in [-0.2, 0) is 15.1 Å². The Morgan fingerprint density at radius 1 is 0.852 bits per heavy atom. The fourth-order valence-corrected chi connectivity index (χ4v) is 5.70. The molecule has 1 aromatic rings. The van der Waals surface area contributed by atoms with Crippen LogP contribution in [0.25, 0.3) is 0 Å². The van der Waals surface area contributed by atoms with Crippen molar-refractivity contribution in [1.29, 1.82) is 0 Å². The lowest BCUT2D eigenvalue weighted by Gasteiger charge is -2.51. The summed E-state index contributed by atoms with van der Waals surface area (Å²) >= 11 is 0. The number of methoxy groups -OCH3 is 1. The molecule has 27 heavy (non-hydrogen) atoms. The smallest absolute Gasteiger partial charge is 0.134 e. The van der Waals surface area contributed by atoms with Gasteiger partial charge in [0.2, 0.25) is 0 Å². The minimum absolute atomic E-state index is 0.136. The van der Waals surface area contributed by atoms with E-state index < -0.39 is 5.60 Å². The molecule has 1 aliphatic heterocycles. The first kappa shape index (κ1) is 19.1. The number of rotatable bonds is 4. The maximum Gasteiger partial charge on any atom is 0.134 e. The van der Waals surface area contributed by atoms with Gasteiger partial charge in [0, 0.05) is 7.11 Å². The fraction of sp³-hybridized carbons (Fsp3) is 0.667. The molecule has 2 nitrogen and oxygen atoms in total. The predicted octanol–water partition coefficient (Wildman–Crippen LogP) is 6.15. The van der Waals surface area contributed by atoms with Gasteiger partial charge in [-0.2, -0.15) is 0 Å². The van der Waals surface area contributed by atoms with Crippen molar-refractivity contribution in [2.45, 2.75) is 75.4 Å². The molecule has 148 valence electrons. The summed E-state index contributed by atoms with van der Waals surface area (Å²) < 4.78 is 26.2. The van der Waals surface area contributed by atoms with Crippen molar-refractivity contribution < 1.29 is 13.9 Å². The number of ether oxygens (including phenoxy) is 2. The molecule has 2 saturated carbocycles. The largest absolute Gasteiger partial charge is 0.367 e. The van der Waals surface area contributed by atoms with Gasteiger partial charge in [0.05, 0.1) is 12.2 Å². The number of halogens is 1. The summed E-state index contributed by atoms with van der Waals surface area (Å²) in [4.78, 5) is 0. The van der Waals surface area contributed by atoms with Gasteiger partial charge in [-0.15, -0.1) is 0 Å². The van der Waals surface area contributed by atoms with Crippen LogP contribution in [0.5, 0.6) is 0 Å². The van der Waals surface area contributed by atoms with Crippen molar-refractivity contribution in [3.8, 4) is 0 Å². The Kier molecular flexibility index (Phi) is 5.70. The normalized spacial score (nSPS) is 29.7. The molecule has 1 atom stereocenters. The summed E-state index contributed by atoms with van der Waals surface area (Å²) in [5, 5.41) is 0.